The zero-order valence-electron chi connectivity index (χ0n) is 10.5. The van der Waals surface area contributed by atoms with E-state index in [9.17, 15) is 4.79 Å². The Kier molecular flexibility index (Phi) is 4.30. The summed E-state index contributed by atoms with van der Waals surface area (Å²) in [5.74, 6) is 2.70. The molecule has 1 saturated heterocycles. The number of hydrogen-bond donors (Lipinski definition) is 0. The first-order chi connectivity index (χ1) is 8.76. The molecule has 5 nitrogen and oxygen atoms in total. The van der Waals surface area contributed by atoms with E-state index in [0.717, 1.165) is 24.6 Å². The summed E-state index contributed by atoms with van der Waals surface area (Å²) < 4.78 is 10.2. The molecule has 0 atom stereocenters. The maximum absolute atomic E-state index is 12.3. The largest absolute Gasteiger partial charge is 0.481 e. The topological polar surface area (TPSA) is 51.7 Å². The van der Waals surface area contributed by atoms with Gasteiger partial charge < -0.3 is 14.4 Å². The number of ether oxygens (including phenoxy) is 2. The molecule has 0 unspecified atom stereocenters. The molecular formula is C12H16N2O3S. The average molecular weight is 268 g/mol. The summed E-state index contributed by atoms with van der Waals surface area (Å²) in [6.07, 6.45) is 0. The maximum atomic E-state index is 12.3. The Bertz CT molecular complexity index is 433. The third kappa shape index (κ3) is 2.69. The van der Waals surface area contributed by atoms with Gasteiger partial charge in [-0.05, 0) is 6.07 Å². The summed E-state index contributed by atoms with van der Waals surface area (Å²) in [4.78, 5) is 18.3. The molecule has 0 saturated carbocycles. The summed E-state index contributed by atoms with van der Waals surface area (Å²) >= 11 is 1.87. The van der Waals surface area contributed by atoms with Crippen LogP contribution in [-0.4, -0.2) is 54.6 Å². The first kappa shape index (κ1) is 13.0. The molecule has 98 valence electrons. The Morgan fingerprint density at radius 3 is 2.61 bits per heavy atom. The Morgan fingerprint density at radius 1 is 1.28 bits per heavy atom. The van der Waals surface area contributed by atoms with Gasteiger partial charge in [0.05, 0.1) is 14.2 Å². The zero-order valence-corrected chi connectivity index (χ0v) is 11.3. The van der Waals surface area contributed by atoms with Crippen LogP contribution < -0.4 is 9.47 Å². The number of carbonyl (C=O) groups excluding carboxylic acids is 1. The van der Waals surface area contributed by atoms with E-state index in [1.807, 2.05) is 16.7 Å². The summed E-state index contributed by atoms with van der Waals surface area (Å²) in [6.45, 7) is 1.55. The molecule has 2 rings (SSSR count). The van der Waals surface area contributed by atoms with Gasteiger partial charge in [-0.2, -0.15) is 16.7 Å². The van der Waals surface area contributed by atoms with Crippen LogP contribution in [0.4, 0.5) is 0 Å². The third-order valence-corrected chi connectivity index (χ3v) is 3.71. The van der Waals surface area contributed by atoms with E-state index in [0.29, 0.717) is 17.3 Å². The number of carbonyl (C=O) groups is 1. The maximum Gasteiger partial charge on any atom is 0.259 e. The van der Waals surface area contributed by atoms with Gasteiger partial charge in [-0.1, -0.05) is 0 Å². The van der Waals surface area contributed by atoms with Gasteiger partial charge in [0, 0.05) is 30.7 Å². The number of aromatic nitrogens is 1. The van der Waals surface area contributed by atoms with Crippen LogP contribution in [0.1, 0.15) is 10.4 Å². The van der Waals surface area contributed by atoms with Crippen LogP contribution in [0.3, 0.4) is 0 Å². The van der Waals surface area contributed by atoms with Crippen molar-refractivity contribution in [2.24, 2.45) is 0 Å². The predicted octanol–water partition coefficient (Wildman–Crippen LogP) is 1.29. The fourth-order valence-corrected chi connectivity index (χ4v) is 2.70. The van der Waals surface area contributed by atoms with Crippen LogP contribution in [-0.2, 0) is 0 Å². The second-order valence-corrected chi connectivity index (χ2v) is 5.04. The van der Waals surface area contributed by atoms with Gasteiger partial charge in [-0.15, -0.1) is 0 Å². The van der Waals surface area contributed by atoms with Gasteiger partial charge in [-0.3, -0.25) is 4.79 Å². The molecule has 0 aromatic carbocycles. The smallest absolute Gasteiger partial charge is 0.259 e. The van der Waals surface area contributed by atoms with Crippen LogP contribution in [0, 0.1) is 0 Å². The highest BCUT2D eigenvalue weighted by atomic mass is 32.2. The van der Waals surface area contributed by atoms with Crippen molar-refractivity contribution in [2.75, 3.05) is 38.8 Å². The number of hydrogen-bond acceptors (Lipinski definition) is 5. The third-order valence-electron chi connectivity index (χ3n) is 2.77. The Labute approximate surface area is 110 Å². The molecule has 1 aromatic heterocycles. The van der Waals surface area contributed by atoms with Crippen molar-refractivity contribution in [2.45, 2.75) is 0 Å². The average Bonchev–Trinajstić information content (AvgIpc) is 2.46. The number of methoxy groups -OCH3 is 2. The van der Waals surface area contributed by atoms with Crippen LogP contribution >= 0.6 is 11.8 Å². The Morgan fingerprint density at radius 2 is 2.00 bits per heavy atom. The first-order valence-electron chi connectivity index (χ1n) is 5.72. The molecule has 1 aliphatic heterocycles. The standard InChI is InChI=1S/C12H16N2O3S/c1-16-10-4-3-9(11(13-10)17-2)12(15)14-5-7-18-8-6-14/h3-4H,5-8H2,1-2H3. The van der Waals surface area contributed by atoms with E-state index in [-0.39, 0.29) is 5.91 Å². The van der Waals surface area contributed by atoms with Gasteiger partial charge in [-0.25, -0.2) is 0 Å². The van der Waals surface area contributed by atoms with Gasteiger partial charge in [0.2, 0.25) is 11.8 Å². The molecule has 0 spiro atoms. The van der Waals surface area contributed by atoms with Gasteiger partial charge in [0.1, 0.15) is 5.56 Å². The number of amides is 1. The van der Waals surface area contributed by atoms with E-state index in [4.69, 9.17) is 9.47 Å². The minimum absolute atomic E-state index is 0.0256. The van der Waals surface area contributed by atoms with Crippen molar-refractivity contribution in [3.8, 4) is 11.8 Å². The number of pyridine rings is 1. The van der Waals surface area contributed by atoms with E-state index in [1.165, 1.54) is 14.2 Å². The SMILES string of the molecule is COc1ccc(C(=O)N2CCSCC2)c(OC)n1. The van der Waals surface area contributed by atoms with Crippen LogP contribution in [0.25, 0.3) is 0 Å². The van der Waals surface area contributed by atoms with Crippen molar-refractivity contribution in [1.29, 1.82) is 0 Å². The molecule has 0 bridgehead atoms. The number of nitrogens with zero attached hydrogens (tertiary/aromatic N) is 2. The Balaban J connectivity index is 2.23. The minimum Gasteiger partial charge on any atom is -0.481 e. The highest BCUT2D eigenvalue weighted by molar-refractivity contribution is 7.99. The van der Waals surface area contributed by atoms with Crippen molar-refractivity contribution in [1.82, 2.24) is 9.88 Å². The lowest BCUT2D eigenvalue weighted by Gasteiger charge is -2.26. The molecule has 0 N–H and O–H groups in total. The van der Waals surface area contributed by atoms with E-state index in [2.05, 4.69) is 4.98 Å². The predicted molar refractivity (Wildman–Crippen MR) is 70.6 cm³/mol. The lowest BCUT2D eigenvalue weighted by molar-refractivity contribution is 0.0768. The minimum atomic E-state index is -0.0256. The number of rotatable bonds is 3. The monoisotopic (exact) mass is 268 g/mol. The molecule has 6 heteroatoms. The molecule has 18 heavy (non-hydrogen) atoms. The summed E-state index contributed by atoms with van der Waals surface area (Å²) in [5, 5.41) is 0. The van der Waals surface area contributed by atoms with Crippen molar-refractivity contribution >= 4 is 17.7 Å². The van der Waals surface area contributed by atoms with Crippen LogP contribution in [0.15, 0.2) is 12.1 Å². The molecule has 1 fully saturated rings. The molecular weight excluding hydrogens is 252 g/mol. The van der Waals surface area contributed by atoms with Crippen LogP contribution in [0.5, 0.6) is 11.8 Å². The second kappa shape index (κ2) is 5.95. The van der Waals surface area contributed by atoms with Gasteiger partial charge >= 0.3 is 0 Å². The summed E-state index contributed by atoms with van der Waals surface area (Å²) in [5.41, 5.74) is 0.491. The second-order valence-electron chi connectivity index (χ2n) is 3.82. The zero-order chi connectivity index (χ0) is 13.0. The fraction of sp³-hybridized carbons (Fsp3) is 0.500. The van der Waals surface area contributed by atoms with Crippen LogP contribution in [0.2, 0.25) is 0 Å². The molecule has 1 amide bonds. The highest BCUT2D eigenvalue weighted by Gasteiger charge is 2.22. The summed E-state index contributed by atoms with van der Waals surface area (Å²) in [6, 6.07) is 3.38. The molecule has 0 aliphatic carbocycles. The van der Waals surface area contributed by atoms with Crippen molar-refractivity contribution in [3.05, 3.63) is 17.7 Å². The lowest BCUT2D eigenvalue weighted by Crippen LogP contribution is -2.38. The molecule has 1 aromatic rings. The van der Waals surface area contributed by atoms with Gasteiger partial charge in [0.15, 0.2) is 0 Å². The van der Waals surface area contributed by atoms with Crippen molar-refractivity contribution in [3.63, 3.8) is 0 Å². The quantitative estimate of drug-likeness (QED) is 0.826. The number of thioether (sulfide) groups is 1. The van der Waals surface area contributed by atoms with Crippen molar-refractivity contribution < 1.29 is 14.3 Å². The van der Waals surface area contributed by atoms with Gasteiger partial charge in [0.25, 0.3) is 5.91 Å². The fourth-order valence-electron chi connectivity index (χ4n) is 1.79. The molecule has 1 aliphatic rings. The summed E-state index contributed by atoms with van der Waals surface area (Å²) in [7, 11) is 3.04. The van der Waals surface area contributed by atoms with E-state index >= 15 is 0 Å². The molecule has 2 heterocycles. The normalized spacial score (nSPS) is 15.3. The first-order valence-corrected chi connectivity index (χ1v) is 6.87. The lowest BCUT2D eigenvalue weighted by atomic mass is 10.2. The highest BCUT2D eigenvalue weighted by Crippen LogP contribution is 2.22. The van der Waals surface area contributed by atoms with E-state index in [1.54, 1.807) is 12.1 Å². The molecule has 0 radical (unpaired) electrons. The van der Waals surface area contributed by atoms with E-state index < -0.39 is 0 Å². The Hall–Kier alpha value is -1.43.